The van der Waals surface area contributed by atoms with Crippen molar-refractivity contribution in [3.8, 4) is 33.6 Å². The average molecular weight is 944 g/mol. The monoisotopic (exact) mass is 943 g/mol. The van der Waals surface area contributed by atoms with Gasteiger partial charge >= 0.3 is 7.12 Å². The number of aromatic nitrogens is 4. The fourth-order valence-electron chi connectivity index (χ4n) is 8.05. The number of aryl methyl sites for hydroxylation is 8. The molecular weight excluding hydrogens is 875 g/mol. The Kier molecular flexibility index (Phi) is 10.5. The summed E-state index contributed by atoms with van der Waals surface area (Å²) < 4.78 is 92.9. The summed E-state index contributed by atoms with van der Waals surface area (Å²) in [5.74, 6) is 0. The molecule has 0 unspecified atom stereocenters. The van der Waals surface area contributed by atoms with Crippen molar-refractivity contribution in [3.63, 3.8) is 0 Å². The Hall–Kier alpha value is -6.65. The van der Waals surface area contributed by atoms with Gasteiger partial charge in [0.2, 0.25) is 11.4 Å². The van der Waals surface area contributed by atoms with E-state index in [9.17, 15) is 0 Å². The molecule has 0 amide bonds. The highest BCUT2D eigenvalue weighted by Gasteiger charge is 2.51. The molecule has 0 N–H and O–H groups in total. The largest absolute Gasteiger partial charge is 0.494 e. The van der Waals surface area contributed by atoms with Gasteiger partial charge in [-0.25, -0.2) is 9.97 Å². The van der Waals surface area contributed by atoms with Gasteiger partial charge in [-0.05, 0) is 181 Å². The molecule has 1 fully saturated rings. The van der Waals surface area contributed by atoms with Gasteiger partial charge in [0, 0.05) is 73.8 Å². The summed E-state index contributed by atoms with van der Waals surface area (Å²) in [4.78, 5) is 18.1. The topological polar surface area (TPSA) is 96.3 Å². The SMILES string of the molecule is C.Cc1ccc2c(n1)oc1c(-c3cc(Cl)c(C)cn3)cccc12.[2H]C([2H])([2H])c1cc(-c2cc(-c3cccc4c3oc3nc(C)ccc34)ncc2C)ccc1C.[2H]C([2H])([2H])c1ccc(B2OC(C)(C)C(C)(C)O2)cc1C([2H])([2H])[2H]. The predicted octanol–water partition coefficient (Wildman–Crippen LogP) is 15.5. The molecule has 0 saturated carbocycles. The van der Waals surface area contributed by atoms with Gasteiger partial charge in [-0.1, -0.05) is 79.7 Å². The molecule has 7 heterocycles. The van der Waals surface area contributed by atoms with Crippen LogP contribution in [-0.4, -0.2) is 38.3 Å². The minimum Gasteiger partial charge on any atom is -0.437 e. The van der Waals surface area contributed by atoms with Gasteiger partial charge in [-0.15, -0.1) is 0 Å². The number of fused-ring (bicyclic) bond motifs is 6. The number of hydrogen-bond donors (Lipinski definition) is 0. The van der Waals surface area contributed by atoms with E-state index in [0.717, 1.165) is 94.4 Å². The fraction of sp³-hybridized carbons (Fsp3) is 0.254. The molecule has 8 nitrogen and oxygen atoms in total. The van der Waals surface area contributed by atoms with Crippen molar-refractivity contribution in [2.24, 2.45) is 0 Å². The number of nitrogens with zero attached hydrogens (tertiary/aromatic N) is 4. The second-order valence-electron chi connectivity index (χ2n) is 18.3. The lowest BCUT2D eigenvalue weighted by Gasteiger charge is -2.32. The number of para-hydroxylation sites is 2. The van der Waals surface area contributed by atoms with Gasteiger partial charge in [-0.3, -0.25) is 9.97 Å². The van der Waals surface area contributed by atoms with Crippen molar-refractivity contribution in [2.75, 3.05) is 0 Å². The zero-order valence-corrected chi connectivity index (χ0v) is 40.2. The quantitative estimate of drug-likeness (QED) is 0.161. The Morgan fingerprint density at radius 3 is 1.58 bits per heavy atom. The fourth-order valence-corrected chi connectivity index (χ4v) is 8.20. The van der Waals surface area contributed by atoms with Crippen molar-refractivity contribution in [2.45, 2.75) is 101 Å². The summed E-state index contributed by atoms with van der Waals surface area (Å²) in [5, 5.41) is 4.72. The lowest BCUT2D eigenvalue weighted by atomic mass is 9.78. The highest BCUT2D eigenvalue weighted by atomic mass is 35.5. The van der Waals surface area contributed by atoms with Crippen LogP contribution in [0.5, 0.6) is 0 Å². The van der Waals surface area contributed by atoms with Crippen molar-refractivity contribution >= 4 is 68.3 Å². The van der Waals surface area contributed by atoms with E-state index in [2.05, 4.69) is 19.9 Å². The van der Waals surface area contributed by atoms with E-state index in [-0.39, 0.29) is 18.6 Å². The highest BCUT2D eigenvalue weighted by Crippen LogP contribution is 2.39. The van der Waals surface area contributed by atoms with E-state index in [4.69, 9.17) is 42.1 Å². The molecule has 6 aromatic heterocycles. The van der Waals surface area contributed by atoms with Gasteiger partial charge in [-0.2, -0.15) is 0 Å². The molecule has 1 aliphatic heterocycles. The van der Waals surface area contributed by atoms with Crippen LogP contribution in [0.1, 0.15) is 92.2 Å². The lowest BCUT2D eigenvalue weighted by Crippen LogP contribution is -2.41. The van der Waals surface area contributed by atoms with Gasteiger partial charge in [0.15, 0.2) is 0 Å². The molecule has 1 aliphatic rings. The third-order valence-electron chi connectivity index (χ3n) is 12.8. The standard InChI is InChI=1S/C26H22N2O.C18H13ClN2O.C14H21BO2.CH4/c1-15-8-10-19(12-16(15)2)23-13-24(27-14-17(23)3)22-7-5-6-20-21-11-9-18(4)28-26(21)29-25(20)22;1-10-9-20-16(8-15(10)19)14-5-3-4-12-13-7-6-11(2)21-18(13)22-17(12)14;1-10-7-8-12(9-11(10)2)15-16-13(3,4)14(5,6)17-15;/h5-14H,1-4H3;3-9H,1-2H3;7-9H,1-6H3;1H4/i2D3;;1D3,2D3;. The zero-order chi connectivity index (χ0) is 55.7. The first-order valence-corrected chi connectivity index (χ1v) is 22.7. The molecule has 0 aliphatic carbocycles. The average Bonchev–Trinajstić information content (AvgIpc) is 4.16. The van der Waals surface area contributed by atoms with Crippen molar-refractivity contribution < 1.29 is 30.5 Å². The van der Waals surface area contributed by atoms with Crippen LogP contribution in [0.25, 0.3) is 77.8 Å². The van der Waals surface area contributed by atoms with Crippen LogP contribution in [0.4, 0.5) is 0 Å². The number of furan rings is 2. The van der Waals surface area contributed by atoms with Crippen LogP contribution in [0, 0.1) is 55.2 Å². The number of benzene rings is 4. The number of rotatable bonds is 4. The van der Waals surface area contributed by atoms with Gasteiger partial charge in [0.1, 0.15) is 11.2 Å². The molecule has 10 aromatic rings. The van der Waals surface area contributed by atoms with Crippen molar-refractivity contribution in [1.82, 2.24) is 19.9 Å². The molecule has 10 heteroatoms. The smallest absolute Gasteiger partial charge is 0.437 e. The Morgan fingerprint density at radius 2 is 1.03 bits per heavy atom. The van der Waals surface area contributed by atoms with Crippen LogP contribution < -0.4 is 5.46 Å². The van der Waals surface area contributed by atoms with Crippen LogP contribution in [-0.2, 0) is 9.31 Å². The summed E-state index contributed by atoms with van der Waals surface area (Å²) in [7, 11) is -0.730. The maximum atomic E-state index is 7.86. The summed E-state index contributed by atoms with van der Waals surface area (Å²) in [6, 6.07) is 33.8. The van der Waals surface area contributed by atoms with E-state index >= 15 is 0 Å². The number of halogens is 1. The maximum absolute atomic E-state index is 7.86. The lowest BCUT2D eigenvalue weighted by molar-refractivity contribution is 0.00578. The number of pyridine rings is 4. The minimum atomic E-state index is -2.52. The first-order chi connectivity index (χ1) is 36.0. The van der Waals surface area contributed by atoms with Crippen LogP contribution in [0.15, 0.2) is 130 Å². The third kappa shape index (κ3) is 9.56. The van der Waals surface area contributed by atoms with Crippen molar-refractivity contribution in [3.05, 3.63) is 171 Å². The summed E-state index contributed by atoms with van der Waals surface area (Å²) in [6.07, 6.45) is 3.60. The Bertz CT molecular complexity index is 3890. The maximum Gasteiger partial charge on any atom is 0.494 e. The Labute approximate surface area is 423 Å². The van der Waals surface area contributed by atoms with Crippen LogP contribution >= 0.6 is 11.6 Å². The summed E-state index contributed by atoms with van der Waals surface area (Å²) in [6.45, 7) is 10.1. The second-order valence-corrected chi connectivity index (χ2v) is 18.7. The third-order valence-corrected chi connectivity index (χ3v) is 13.2. The van der Waals surface area contributed by atoms with Gasteiger partial charge in [0.05, 0.1) is 22.6 Å². The van der Waals surface area contributed by atoms with E-state index in [0.29, 0.717) is 27.5 Å². The van der Waals surface area contributed by atoms with Crippen LogP contribution in [0.3, 0.4) is 0 Å². The summed E-state index contributed by atoms with van der Waals surface area (Å²) in [5.41, 5.74) is 11.9. The Balaban J connectivity index is 0.000000157. The minimum absolute atomic E-state index is 0. The molecule has 69 heavy (non-hydrogen) atoms. The van der Waals surface area contributed by atoms with Gasteiger partial charge in [0.25, 0.3) is 0 Å². The van der Waals surface area contributed by atoms with E-state index in [1.807, 2.05) is 153 Å². The van der Waals surface area contributed by atoms with E-state index < -0.39 is 38.9 Å². The highest BCUT2D eigenvalue weighted by molar-refractivity contribution is 6.62. The van der Waals surface area contributed by atoms with Gasteiger partial charge < -0.3 is 18.1 Å². The molecule has 0 radical (unpaired) electrons. The molecule has 0 bridgehead atoms. The molecule has 11 rings (SSSR count). The Morgan fingerprint density at radius 1 is 0.507 bits per heavy atom. The van der Waals surface area contributed by atoms with E-state index in [1.54, 1.807) is 18.3 Å². The normalized spacial score (nSPS) is 16.3. The first-order valence-electron chi connectivity index (χ1n) is 26.8. The predicted molar refractivity (Wildman–Crippen MR) is 287 cm³/mol. The molecule has 1 saturated heterocycles. The van der Waals surface area contributed by atoms with Crippen molar-refractivity contribution in [1.29, 1.82) is 0 Å². The first kappa shape index (κ1) is 38.2. The molecule has 4 aromatic carbocycles. The van der Waals surface area contributed by atoms with E-state index in [1.165, 1.54) is 12.1 Å². The van der Waals surface area contributed by atoms with Crippen LogP contribution in [0.2, 0.25) is 5.02 Å². The number of hydrogen-bond acceptors (Lipinski definition) is 8. The molecular formula is C59H60BClN4O4. The molecule has 350 valence electrons. The zero-order valence-electron chi connectivity index (χ0n) is 48.4. The second kappa shape index (κ2) is 19.0. The molecule has 0 spiro atoms. The summed E-state index contributed by atoms with van der Waals surface area (Å²) >= 11 is 6.23. The molecule has 0 atom stereocenters.